The monoisotopic (exact) mass is 293 g/mol. The van der Waals surface area contributed by atoms with Gasteiger partial charge < -0.3 is 15.8 Å². The third kappa shape index (κ3) is 2.74. The van der Waals surface area contributed by atoms with Crippen LogP contribution in [-0.4, -0.2) is 30.1 Å². The van der Waals surface area contributed by atoms with Crippen LogP contribution in [-0.2, 0) is 9.53 Å². The minimum absolute atomic E-state index is 0.0395. The molecule has 3 N–H and O–H groups in total. The van der Waals surface area contributed by atoms with Gasteiger partial charge >= 0.3 is 0 Å². The number of hydrogen-bond donors (Lipinski definition) is 2. The van der Waals surface area contributed by atoms with Crippen LogP contribution in [0.2, 0.25) is 0 Å². The summed E-state index contributed by atoms with van der Waals surface area (Å²) < 4.78 is 5.26. The Balaban J connectivity index is 2.26. The number of aryl methyl sites for hydroxylation is 2. The zero-order chi connectivity index (χ0) is 15.8. The Labute approximate surface area is 122 Å². The van der Waals surface area contributed by atoms with E-state index in [-0.39, 0.29) is 24.2 Å². The summed E-state index contributed by atoms with van der Waals surface area (Å²) in [5.74, 6) is -0.233. The van der Waals surface area contributed by atoms with Crippen molar-refractivity contribution in [2.45, 2.75) is 26.8 Å². The second kappa shape index (κ2) is 5.42. The molecular formula is C14H19N3O4. The highest BCUT2D eigenvalue weighted by atomic mass is 16.6. The van der Waals surface area contributed by atoms with E-state index < -0.39 is 10.3 Å². The van der Waals surface area contributed by atoms with Gasteiger partial charge in [-0.05, 0) is 32.4 Å². The Bertz CT molecular complexity index is 602. The lowest BCUT2D eigenvalue weighted by molar-refractivity contribution is -0.385. The third-order valence-electron chi connectivity index (χ3n) is 4.02. The zero-order valence-corrected chi connectivity index (χ0v) is 12.3. The van der Waals surface area contributed by atoms with E-state index >= 15 is 0 Å². The molecule has 0 aromatic heterocycles. The number of amides is 1. The Morgan fingerprint density at radius 2 is 2.14 bits per heavy atom. The van der Waals surface area contributed by atoms with Gasteiger partial charge in [-0.2, -0.15) is 0 Å². The summed E-state index contributed by atoms with van der Waals surface area (Å²) in [6.45, 7) is 5.73. The largest absolute Gasteiger partial charge is 0.379 e. The molecule has 1 aliphatic heterocycles. The van der Waals surface area contributed by atoms with Crippen molar-refractivity contribution in [1.82, 2.24) is 0 Å². The predicted octanol–water partition coefficient (Wildman–Crippen LogP) is 1.51. The van der Waals surface area contributed by atoms with Gasteiger partial charge in [0.1, 0.15) is 0 Å². The second-order valence-electron chi connectivity index (χ2n) is 5.70. The first-order chi connectivity index (χ1) is 9.75. The standard InChI is InChI=1S/C14H19N3O4/c1-8-5-11(17(19)20)9(2)4-10(8)16-13(18)14(3)7-21-6-12(14)15/h4-5,12H,6-7,15H2,1-3H3,(H,16,18). The van der Waals surface area contributed by atoms with Crippen LogP contribution in [0.3, 0.4) is 0 Å². The molecule has 7 nitrogen and oxygen atoms in total. The number of nitrogens with zero attached hydrogens (tertiary/aromatic N) is 1. The van der Waals surface area contributed by atoms with Crippen molar-refractivity contribution < 1.29 is 14.5 Å². The zero-order valence-electron chi connectivity index (χ0n) is 12.3. The molecule has 0 spiro atoms. The molecule has 7 heteroatoms. The molecule has 1 heterocycles. The van der Waals surface area contributed by atoms with E-state index in [1.165, 1.54) is 6.07 Å². The minimum atomic E-state index is -0.790. The molecule has 1 aromatic carbocycles. The number of hydrogen-bond acceptors (Lipinski definition) is 5. The Hall–Kier alpha value is -1.99. The molecular weight excluding hydrogens is 274 g/mol. The van der Waals surface area contributed by atoms with Crippen LogP contribution in [0.1, 0.15) is 18.1 Å². The van der Waals surface area contributed by atoms with E-state index in [1.807, 2.05) is 0 Å². The number of ether oxygens (including phenoxy) is 1. The summed E-state index contributed by atoms with van der Waals surface area (Å²) >= 11 is 0. The smallest absolute Gasteiger partial charge is 0.272 e. The number of nitrogens with two attached hydrogens (primary N) is 1. The molecule has 1 amide bonds. The normalized spacial score (nSPS) is 24.9. The average molecular weight is 293 g/mol. The van der Waals surface area contributed by atoms with Gasteiger partial charge in [0.15, 0.2) is 0 Å². The van der Waals surface area contributed by atoms with E-state index in [2.05, 4.69) is 5.32 Å². The quantitative estimate of drug-likeness (QED) is 0.649. The molecule has 1 saturated heterocycles. The van der Waals surface area contributed by atoms with Gasteiger partial charge in [0.25, 0.3) is 5.69 Å². The molecule has 0 bridgehead atoms. The number of rotatable bonds is 3. The van der Waals surface area contributed by atoms with Crippen LogP contribution in [0, 0.1) is 29.4 Å². The van der Waals surface area contributed by atoms with Crippen LogP contribution >= 0.6 is 0 Å². The summed E-state index contributed by atoms with van der Waals surface area (Å²) in [5.41, 5.74) is 6.87. The Morgan fingerprint density at radius 1 is 1.48 bits per heavy atom. The summed E-state index contributed by atoms with van der Waals surface area (Å²) in [6.07, 6.45) is 0. The maximum atomic E-state index is 12.4. The highest BCUT2D eigenvalue weighted by Crippen LogP contribution is 2.31. The predicted molar refractivity (Wildman–Crippen MR) is 78.1 cm³/mol. The maximum Gasteiger partial charge on any atom is 0.272 e. The number of carbonyl (C=O) groups is 1. The van der Waals surface area contributed by atoms with E-state index in [0.29, 0.717) is 23.4 Å². The topological polar surface area (TPSA) is 107 Å². The first-order valence-corrected chi connectivity index (χ1v) is 6.66. The van der Waals surface area contributed by atoms with Crippen LogP contribution in [0.4, 0.5) is 11.4 Å². The molecule has 1 fully saturated rings. The molecule has 2 unspecified atom stereocenters. The number of carbonyl (C=O) groups excluding carboxylic acids is 1. The van der Waals surface area contributed by atoms with Gasteiger partial charge in [-0.25, -0.2) is 0 Å². The van der Waals surface area contributed by atoms with E-state index in [9.17, 15) is 14.9 Å². The van der Waals surface area contributed by atoms with Gasteiger partial charge in [-0.3, -0.25) is 14.9 Å². The molecule has 1 aliphatic rings. The first kappa shape index (κ1) is 15.4. The van der Waals surface area contributed by atoms with Crippen molar-refractivity contribution in [3.8, 4) is 0 Å². The fraction of sp³-hybridized carbons (Fsp3) is 0.500. The molecule has 0 aliphatic carbocycles. The second-order valence-corrected chi connectivity index (χ2v) is 5.70. The molecule has 21 heavy (non-hydrogen) atoms. The van der Waals surface area contributed by atoms with E-state index in [1.54, 1.807) is 26.8 Å². The molecule has 2 atom stereocenters. The van der Waals surface area contributed by atoms with Crippen LogP contribution in [0.15, 0.2) is 12.1 Å². The fourth-order valence-electron chi connectivity index (χ4n) is 2.32. The van der Waals surface area contributed by atoms with Gasteiger partial charge in [0, 0.05) is 23.4 Å². The molecule has 0 radical (unpaired) electrons. The van der Waals surface area contributed by atoms with Crippen molar-refractivity contribution in [3.63, 3.8) is 0 Å². The van der Waals surface area contributed by atoms with Crippen LogP contribution in [0.25, 0.3) is 0 Å². The lowest BCUT2D eigenvalue weighted by Gasteiger charge is -2.25. The summed E-state index contributed by atoms with van der Waals surface area (Å²) in [4.78, 5) is 22.9. The van der Waals surface area contributed by atoms with Crippen molar-refractivity contribution in [2.75, 3.05) is 18.5 Å². The van der Waals surface area contributed by atoms with Crippen molar-refractivity contribution in [1.29, 1.82) is 0 Å². The van der Waals surface area contributed by atoms with Gasteiger partial charge in [0.05, 0.1) is 23.6 Å². The number of benzene rings is 1. The lowest BCUT2D eigenvalue weighted by atomic mass is 9.84. The van der Waals surface area contributed by atoms with E-state index in [4.69, 9.17) is 10.5 Å². The third-order valence-corrected chi connectivity index (χ3v) is 4.02. The summed E-state index contributed by atoms with van der Waals surface area (Å²) in [5, 5.41) is 13.7. The Kier molecular flexibility index (Phi) is 3.97. The van der Waals surface area contributed by atoms with Crippen molar-refractivity contribution in [3.05, 3.63) is 33.4 Å². The number of nitrogens with one attached hydrogen (secondary N) is 1. The van der Waals surface area contributed by atoms with Gasteiger partial charge in [-0.1, -0.05) is 0 Å². The highest BCUT2D eigenvalue weighted by Gasteiger charge is 2.44. The Morgan fingerprint density at radius 3 is 2.67 bits per heavy atom. The summed E-state index contributed by atoms with van der Waals surface area (Å²) in [6, 6.07) is 2.70. The number of nitro groups is 1. The van der Waals surface area contributed by atoms with Gasteiger partial charge in [0.2, 0.25) is 5.91 Å². The molecule has 0 saturated carbocycles. The van der Waals surface area contributed by atoms with Crippen LogP contribution < -0.4 is 11.1 Å². The lowest BCUT2D eigenvalue weighted by Crippen LogP contribution is -2.47. The minimum Gasteiger partial charge on any atom is -0.379 e. The number of nitro benzene ring substituents is 1. The molecule has 1 aromatic rings. The SMILES string of the molecule is Cc1cc([N+](=O)[O-])c(C)cc1NC(=O)C1(C)COCC1N. The average Bonchev–Trinajstić information content (AvgIpc) is 2.74. The highest BCUT2D eigenvalue weighted by molar-refractivity contribution is 5.96. The number of anilines is 1. The molecule has 114 valence electrons. The van der Waals surface area contributed by atoms with Crippen LogP contribution in [0.5, 0.6) is 0 Å². The first-order valence-electron chi connectivity index (χ1n) is 6.66. The molecule has 2 rings (SSSR count). The van der Waals surface area contributed by atoms with Gasteiger partial charge in [-0.15, -0.1) is 0 Å². The maximum absolute atomic E-state index is 12.4. The fourth-order valence-corrected chi connectivity index (χ4v) is 2.32. The van der Waals surface area contributed by atoms with Crippen molar-refractivity contribution in [2.24, 2.45) is 11.1 Å². The summed E-state index contributed by atoms with van der Waals surface area (Å²) in [7, 11) is 0. The van der Waals surface area contributed by atoms with E-state index in [0.717, 1.165) is 0 Å². The van der Waals surface area contributed by atoms with Crippen molar-refractivity contribution >= 4 is 17.3 Å².